The summed E-state index contributed by atoms with van der Waals surface area (Å²) in [5, 5.41) is 0. The number of nitrogens with two attached hydrogens (primary N) is 1. The van der Waals surface area contributed by atoms with E-state index in [4.69, 9.17) is 18.0 Å². The number of hydrogen-bond donors (Lipinski definition) is 1. The van der Waals surface area contributed by atoms with Crippen LogP contribution in [-0.2, 0) is 10.0 Å². The van der Waals surface area contributed by atoms with E-state index in [0.29, 0.717) is 28.5 Å². The fourth-order valence-corrected chi connectivity index (χ4v) is 5.11. The molecule has 1 heterocycles. The van der Waals surface area contributed by atoms with Crippen molar-refractivity contribution in [2.45, 2.75) is 44.6 Å². The average Bonchev–Trinajstić information content (AvgIpc) is 2.88. The molecule has 1 unspecified atom stereocenters. The van der Waals surface area contributed by atoms with Gasteiger partial charge < -0.3 is 5.73 Å². The predicted molar refractivity (Wildman–Crippen MR) is 88.8 cm³/mol. The summed E-state index contributed by atoms with van der Waals surface area (Å²) in [6.45, 7) is 6.53. The van der Waals surface area contributed by atoms with Crippen LogP contribution in [0.15, 0.2) is 23.1 Å². The van der Waals surface area contributed by atoms with Crippen molar-refractivity contribution in [2.75, 3.05) is 6.54 Å². The SMILES string of the molecule is Cc1cc(C(N)=S)ccc1S(=O)(=O)N1CCCC1C(C)C. The van der Waals surface area contributed by atoms with Crippen molar-refractivity contribution in [3.8, 4) is 0 Å². The molecule has 4 nitrogen and oxygen atoms in total. The molecule has 2 N–H and O–H groups in total. The van der Waals surface area contributed by atoms with Crippen LogP contribution < -0.4 is 5.73 Å². The molecule has 21 heavy (non-hydrogen) atoms. The average molecular weight is 326 g/mol. The summed E-state index contributed by atoms with van der Waals surface area (Å²) in [5.41, 5.74) is 6.98. The van der Waals surface area contributed by atoms with E-state index in [1.807, 2.05) is 0 Å². The van der Waals surface area contributed by atoms with Gasteiger partial charge in [0.15, 0.2) is 0 Å². The zero-order valence-corrected chi connectivity index (χ0v) is 14.3. The largest absolute Gasteiger partial charge is 0.389 e. The number of rotatable bonds is 4. The molecular formula is C15H22N2O2S2. The van der Waals surface area contributed by atoms with E-state index in [1.165, 1.54) is 0 Å². The van der Waals surface area contributed by atoms with E-state index in [1.54, 1.807) is 29.4 Å². The van der Waals surface area contributed by atoms with Crippen molar-refractivity contribution in [2.24, 2.45) is 11.7 Å². The van der Waals surface area contributed by atoms with E-state index in [0.717, 1.165) is 12.8 Å². The first-order valence-corrected chi connectivity index (χ1v) is 9.02. The minimum absolute atomic E-state index is 0.0876. The van der Waals surface area contributed by atoms with Gasteiger partial charge in [0.1, 0.15) is 4.99 Å². The van der Waals surface area contributed by atoms with Crippen LogP contribution in [0.1, 0.15) is 37.8 Å². The van der Waals surface area contributed by atoms with Gasteiger partial charge in [0.2, 0.25) is 10.0 Å². The van der Waals surface area contributed by atoms with Crippen LogP contribution in [0.5, 0.6) is 0 Å². The Morgan fingerprint density at radius 3 is 2.62 bits per heavy atom. The van der Waals surface area contributed by atoms with Gasteiger partial charge in [0.05, 0.1) is 4.90 Å². The minimum Gasteiger partial charge on any atom is -0.389 e. The first-order chi connectivity index (χ1) is 9.75. The number of benzene rings is 1. The minimum atomic E-state index is -3.46. The Hall–Kier alpha value is -0.980. The monoisotopic (exact) mass is 326 g/mol. The van der Waals surface area contributed by atoms with E-state index in [-0.39, 0.29) is 11.0 Å². The Morgan fingerprint density at radius 1 is 1.43 bits per heavy atom. The second-order valence-corrected chi connectivity index (χ2v) is 8.21. The van der Waals surface area contributed by atoms with E-state index >= 15 is 0 Å². The fourth-order valence-electron chi connectivity index (χ4n) is 2.95. The molecule has 1 fully saturated rings. The van der Waals surface area contributed by atoms with Crippen molar-refractivity contribution < 1.29 is 8.42 Å². The molecule has 0 aliphatic carbocycles. The molecule has 6 heteroatoms. The summed E-state index contributed by atoms with van der Waals surface area (Å²) in [6.07, 6.45) is 1.85. The van der Waals surface area contributed by atoms with Gasteiger partial charge in [0, 0.05) is 18.2 Å². The molecule has 0 radical (unpaired) electrons. The molecule has 1 aliphatic heterocycles. The standard InChI is InChI=1S/C15H22N2O2S2/c1-10(2)13-5-4-8-17(13)21(18,19)14-7-6-12(15(16)20)9-11(14)3/h6-7,9-10,13H,4-5,8H2,1-3H3,(H2,16,20). The van der Waals surface area contributed by atoms with Gasteiger partial charge in [-0.15, -0.1) is 0 Å². The van der Waals surface area contributed by atoms with Crippen LogP contribution in [0.4, 0.5) is 0 Å². The summed E-state index contributed by atoms with van der Waals surface area (Å²) in [6, 6.07) is 5.14. The van der Waals surface area contributed by atoms with Crippen LogP contribution in [-0.4, -0.2) is 30.3 Å². The zero-order valence-electron chi connectivity index (χ0n) is 12.7. The molecule has 1 aromatic carbocycles. The second kappa shape index (κ2) is 6.02. The van der Waals surface area contributed by atoms with Gasteiger partial charge in [0.25, 0.3) is 0 Å². The number of sulfonamides is 1. The van der Waals surface area contributed by atoms with E-state index in [2.05, 4.69) is 13.8 Å². The quantitative estimate of drug-likeness (QED) is 0.863. The van der Waals surface area contributed by atoms with Crippen LogP contribution in [0, 0.1) is 12.8 Å². The number of thiocarbonyl (C=S) groups is 1. The van der Waals surface area contributed by atoms with Gasteiger partial charge in [-0.1, -0.05) is 32.1 Å². The Labute approximate surface area is 132 Å². The second-order valence-electron chi connectivity index (χ2n) is 5.91. The topological polar surface area (TPSA) is 63.4 Å². The summed E-state index contributed by atoms with van der Waals surface area (Å²) < 4.78 is 27.5. The van der Waals surface area contributed by atoms with Crippen LogP contribution in [0.25, 0.3) is 0 Å². The Kier molecular flexibility index (Phi) is 4.70. The maximum absolute atomic E-state index is 12.9. The molecule has 0 spiro atoms. The lowest BCUT2D eigenvalue weighted by atomic mass is 10.0. The van der Waals surface area contributed by atoms with Crippen molar-refractivity contribution >= 4 is 27.2 Å². The highest BCUT2D eigenvalue weighted by atomic mass is 32.2. The number of nitrogens with zero attached hydrogens (tertiary/aromatic N) is 1. The fraction of sp³-hybridized carbons (Fsp3) is 0.533. The highest BCUT2D eigenvalue weighted by molar-refractivity contribution is 7.89. The van der Waals surface area contributed by atoms with Gasteiger partial charge in [-0.05, 0) is 43.4 Å². The molecule has 0 bridgehead atoms. The Balaban J connectivity index is 2.42. The van der Waals surface area contributed by atoms with Crippen molar-refractivity contribution in [3.05, 3.63) is 29.3 Å². The van der Waals surface area contributed by atoms with Gasteiger partial charge >= 0.3 is 0 Å². The molecule has 1 atom stereocenters. The molecule has 2 rings (SSSR count). The molecule has 1 aromatic rings. The maximum Gasteiger partial charge on any atom is 0.243 e. The Morgan fingerprint density at radius 2 is 2.10 bits per heavy atom. The highest BCUT2D eigenvalue weighted by Crippen LogP contribution is 2.31. The van der Waals surface area contributed by atoms with Gasteiger partial charge in [-0.25, -0.2) is 8.42 Å². The van der Waals surface area contributed by atoms with Gasteiger partial charge in [-0.2, -0.15) is 4.31 Å². The zero-order chi connectivity index (χ0) is 15.8. The third kappa shape index (κ3) is 3.12. The lowest BCUT2D eigenvalue weighted by Crippen LogP contribution is -2.38. The van der Waals surface area contributed by atoms with Gasteiger partial charge in [-0.3, -0.25) is 0 Å². The third-order valence-electron chi connectivity index (χ3n) is 4.06. The lowest BCUT2D eigenvalue weighted by molar-refractivity contribution is 0.315. The molecule has 1 aliphatic rings. The number of hydrogen-bond acceptors (Lipinski definition) is 3. The number of aryl methyl sites for hydroxylation is 1. The summed E-state index contributed by atoms with van der Waals surface area (Å²) in [4.78, 5) is 0.637. The molecule has 0 aromatic heterocycles. The predicted octanol–water partition coefficient (Wildman–Crippen LogP) is 2.44. The summed E-state index contributed by atoms with van der Waals surface area (Å²) in [5.74, 6) is 0.318. The summed E-state index contributed by atoms with van der Waals surface area (Å²) >= 11 is 4.94. The van der Waals surface area contributed by atoms with E-state index < -0.39 is 10.0 Å². The third-order valence-corrected chi connectivity index (χ3v) is 6.38. The maximum atomic E-state index is 12.9. The van der Waals surface area contributed by atoms with Crippen LogP contribution >= 0.6 is 12.2 Å². The van der Waals surface area contributed by atoms with Crippen LogP contribution in [0.2, 0.25) is 0 Å². The summed E-state index contributed by atoms with van der Waals surface area (Å²) in [7, 11) is -3.46. The van der Waals surface area contributed by atoms with Crippen LogP contribution in [0.3, 0.4) is 0 Å². The van der Waals surface area contributed by atoms with Crippen molar-refractivity contribution in [3.63, 3.8) is 0 Å². The smallest absolute Gasteiger partial charge is 0.243 e. The van der Waals surface area contributed by atoms with Crippen molar-refractivity contribution in [1.29, 1.82) is 0 Å². The first-order valence-electron chi connectivity index (χ1n) is 7.17. The molecular weight excluding hydrogens is 304 g/mol. The molecule has 1 saturated heterocycles. The lowest BCUT2D eigenvalue weighted by Gasteiger charge is -2.27. The first kappa shape index (κ1) is 16.4. The van der Waals surface area contributed by atoms with Crippen molar-refractivity contribution in [1.82, 2.24) is 4.31 Å². The Bertz CT molecular complexity index is 654. The normalized spacial score (nSPS) is 20.1. The molecule has 0 amide bonds. The molecule has 0 saturated carbocycles. The molecule has 116 valence electrons. The van der Waals surface area contributed by atoms with E-state index in [9.17, 15) is 8.42 Å². The highest BCUT2D eigenvalue weighted by Gasteiger charge is 2.37.